The van der Waals surface area contributed by atoms with Crippen LogP contribution in [0.2, 0.25) is 0 Å². The van der Waals surface area contributed by atoms with Crippen LogP contribution in [0.15, 0.2) is 115 Å². The minimum absolute atomic E-state index is 0.00426. The summed E-state index contributed by atoms with van der Waals surface area (Å²) in [6, 6.07) is 13.6. The monoisotopic (exact) mass is 1040 g/mol. The van der Waals surface area contributed by atoms with Gasteiger partial charge in [-0.15, -0.1) is 0 Å². The molecule has 6 heterocycles. The second-order valence-electron chi connectivity index (χ2n) is 14.4. The van der Waals surface area contributed by atoms with Crippen LogP contribution in [-0.4, -0.2) is 87.0 Å². The number of nitrogens with one attached hydrogen (secondary N) is 4. The van der Waals surface area contributed by atoms with Crippen molar-refractivity contribution in [2.75, 3.05) is 20.9 Å². The first kappa shape index (κ1) is 50.4. The fourth-order valence-corrected chi connectivity index (χ4v) is 8.86. The molecule has 0 aliphatic carbocycles. The van der Waals surface area contributed by atoms with Crippen molar-refractivity contribution in [1.82, 2.24) is 29.9 Å². The number of aromatic amines is 2. The number of sulfonamides is 2. The standard InChI is InChI=1S/C22H18F2N4O3S.C17H12BrF2N3O3S.C5H6BNO2/c1-2-8-32(30,31)28-18-6-5-17(23)19(20(18)24)21(29)16-12-27-22-15(16)9-14(11-26-22)13-4-3-7-25-10-13;1-2-5-27(25,26)23-13-4-3-12(19)14(15(13)20)16(24)11-8-22-17-10(11)6-9(18)7-21-17;8-6(9)5-2-1-3-7-4-5/h3-7,9-12,28H,2,8H2,1H3,(H,26,27);3-4,6-8,23H,1-2,5H2;1-4,8-9H/p+1. The number of benzene rings is 2. The largest absolute Gasteiger partial charge is 0.490 e. The van der Waals surface area contributed by atoms with E-state index >= 15 is 4.39 Å². The summed E-state index contributed by atoms with van der Waals surface area (Å²) >= 11 is 3.23. The lowest BCUT2D eigenvalue weighted by Gasteiger charge is -2.11. The highest BCUT2D eigenvalue weighted by atomic mass is 79.9. The first-order valence-corrected chi connectivity index (χ1v) is 24.1. The van der Waals surface area contributed by atoms with E-state index in [0.29, 0.717) is 44.0 Å². The van der Waals surface area contributed by atoms with Gasteiger partial charge in [0.1, 0.15) is 35.1 Å². The molecular formula is C44H37BBrF4N8O8S2+. The van der Waals surface area contributed by atoms with E-state index in [1.807, 2.05) is 10.8 Å². The Morgan fingerprint density at radius 2 is 1.22 bits per heavy atom. The number of hydrogen-bond acceptors (Lipinski definition) is 12. The zero-order valence-electron chi connectivity index (χ0n) is 35.3. The summed E-state index contributed by atoms with van der Waals surface area (Å²) in [4.78, 5) is 47.6. The summed E-state index contributed by atoms with van der Waals surface area (Å²) in [6.45, 7) is 5.08. The molecule has 24 heteroatoms. The Hall–Kier alpha value is -6.99. The van der Waals surface area contributed by atoms with Crippen molar-refractivity contribution in [3.05, 3.63) is 167 Å². The van der Waals surface area contributed by atoms with Gasteiger partial charge in [0.05, 0.1) is 35.2 Å². The number of ketones is 2. The molecule has 16 nitrogen and oxygen atoms in total. The van der Waals surface area contributed by atoms with Crippen LogP contribution in [0.25, 0.3) is 33.2 Å². The van der Waals surface area contributed by atoms with E-state index in [9.17, 15) is 39.6 Å². The highest BCUT2D eigenvalue weighted by Crippen LogP contribution is 2.31. The van der Waals surface area contributed by atoms with Crippen molar-refractivity contribution in [3.63, 3.8) is 0 Å². The lowest BCUT2D eigenvalue weighted by atomic mass is 9.82. The van der Waals surface area contributed by atoms with Gasteiger partial charge in [-0.1, -0.05) is 19.1 Å². The quantitative estimate of drug-likeness (QED) is 0.0283. The van der Waals surface area contributed by atoms with E-state index in [1.54, 1.807) is 62.0 Å². The molecule has 0 amide bonds. The summed E-state index contributed by atoms with van der Waals surface area (Å²) in [6.07, 6.45) is 12.3. The molecule has 0 fully saturated rings. The lowest BCUT2D eigenvalue weighted by molar-refractivity contribution is 0.102. The van der Waals surface area contributed by atoms with Gasteiger partial charge in [-0.25, -0.2) is 44.4 Å². The van der Waals surface area contributed by atoms with Crippen molar-refractivity contribution in [1.29, 1.82) is 0 Å². The minimum Gasteiger partial charge on any atom is -0.423 e. The van der Waals surface area contributed by atoms with Crippen LogP contribution in [-0.2, 0) is 20.0 Å². The number of halogens is 5. The molecular weight excluding hydrogens is 999 g/mol. The number of pyridine rings is 4. The van der Waals surface area contributed by atoms with Crippen molar-refractivity contribution in [3.8, 4) is 11.1 Å². The molecule has 0 atom stereocenters. The predicted molar refractivity (Wildman–Crippen MR) is 252 cm³/mol. The molecule has 0 spiro atoms. The van der Waals surface area contributed by atoms with E-state index in [2.05, 4.69) is 57.5 Å². The number of carbonyl (C=O) groups is 2. The molecule has 0 aliphatic rings. The number of aromatic nitrogens is 6. The van der Waals surface area contributed by atoms with Crippen LogP contribution in [0.5, 0.6) is 0 Å². The van der Waals surface area contributed by atoms with Gasteiger partial charge in [0, 0.05) is 92.5 Å². The predicted octanol–water partition coefficient (Wildman–Crippen LogP) is 6.85. The van der Waals surface area contributed by atoms with E-state index in [1.165, 1.54) is 24.8 Å². The smallest absolute Gasteiger partial charge is 0.423 e. The van der Waals surface area contributed by atoms with Crippen LogP contribution < -0.4 is 14.9 Å². The Labute approximate surface area is 394 Å². The summed E-state index contributed by atoms with van der Waals surface area (Å²) in [5.74, 6) is -7.22. The van der Waals surface area contributed by atoms with Crippen LogP contribution in [0.3, 0.4) is 0 Å². The molecule has 0 radical (unpaired) electrons. The third-order valence-corrected chi connectivity index (χ3v) is 12.8. The zero-order chi connectivity index (χ0) is 49.3. The average Bonchev–Trinajstić information content (AvgIpc) is 3.93. The van der Waals surface area contributed by atoms with Gasteiger partial charge in [0.25, 0.3) is 0 Å². The number of rotatable bonds is 14. The molecule has 2 aromatic carbocycles. The van der Waals surface area contributed by atoms with Gasteiger partial charge < -0.3 is 20.0 Å². The number of hydrogen-bond donors (Lipinski definition) is 6. The van der Waals surface area contributed by atoms with Gasteiger partial charge in [0.15, 0.2) is 11.6 Å². The van der Waals surface area contributed by atoms with Crippen molar-refractivity contribution in [2.24, 2.45) is 0 Å². The van der Waals surface area contributed by atoms with Crippen LogP contribution in [0.4, 0.5) is 28.9 Å². The maximum atomic E-state index is 15.1. The molecule has 0 saturated carbocycles. The number of nitrogens with zero attached hydrogens (tertiary/aromatic N) is 4. The SMILES string of the molecule is CCCS(=O)(=O)Nc1ccc(F)c(C(=O)c2c[nH]c3ncc(-c4cccnc4)cc23)c1F.OB(O)c1cccnc1.[CH2+]CCS(=O)(=O)Nc1ccc(F)c(C(=O)c2c[nH]c3ncc(Br)cc23)c1F. The van der Waals surface area contributed by atoms with Crippen molar-refractivity contribution >= 4 is 93.6 Å². The van der Waals surface area contributed by atoms with Gasteiger partial charge in [-0.2, -0.15) is 0 Å². The van der Waals surface area contributed by atoms with Gasteiger partial charge in [-0.3, -0.25) is 29.0 Å². The molecule has 0 saturated heterocycles. The first-order chi connectivity index (χ1) is 32.3. The van der Waals surface area contributed by atoms with Crippen LogP contribution in [0.1, 0.15) is 51.6 Å². The van der Waals surface area contributed by atoms with E-state index < -0.39 is 84.5 Å². The van der Waals surface area contributed by atoms with Crippen LogP contribution >= 0.6 is 15.9 Å². The molecule has 8 aromatic rings. The molecule has 0 aliphatic heterocycles. The van der Waals surface area contributed by atoms with E-state index in [4.69, 9.17) is 10.0 Å². The summed E-state index contributed by atoms with van der Waals surface area (Å²) in [7, 11) is -9.10. The molecule has 0 bridgehead atoms. The van der Waals surface area contributed by atoms with Gasteiger partial charge in [-0.05, 0) is 70.9 Å². The molecule has 8 rings (SSSR count). The summed E-state index contributed by atoms with van der Waals surface area (Å²) in [5.41, 5.74) is -0.121. The Kier molecular flexibility index (Phi) is 16.1. The highest BCUT2D eigenvalue weighted by Gasteiger charge is 2.28. The minimum atomic E-state index is -3.87. The average molecular weight is 1040 g/mol. The van der Waals surface area contributed by atoms with Crippen LogP contribution in [0, 0.1) is 30.2 Å². The Morgan fingerprint density at radius 1 is 0.706 bits per heavy atom. The Bertz CT molecular complexity index is 3350. The van der Waals surface area contributed by atoms with Gasteiger partial charge >= 0.3 is 7.12 Å². The van der Waals surface area contributed by atoms with E-state index in [0.717, 1.165) is 29.8 Å². The summed E-state index contributed by atoms with van der Waals surface area (Å²) in [5, 5.41) is 17.8. The maximum Gasteiger partial charge on any atom is 0.490 e. The van der Waals surface area contributed by atoms with E-state index in [-0.39, 0.29) is 29.1 Å². The highest BCUT2D eigenvalue weighted by molar-refractivity contribution is 9.10. The molecule has 6 aromatic heterocycles. The lowest BCUT2D eigenvalue weighted by Crippen LogP contribution is -2.29. The number of H-pyrrole nitrogens is 2. The van der Waals surface area contributed by atoms with Crippen molar-refractivity contribution in [2.45, 2.75) is 19.8 Å². The fraction of sp³-hybridized carbons (Fsp3) is 0.114. The molecule has 6 N–H and O–H groups in total. The normalized spacial score (nSPS) is 11.3. The molecule has 68 heavy (non-hydrogen) atoms. The Balaban J connectivity index is 0.000000191. The fourth-order valence-electron chi connectivity index (χ4n) is 6.42. The molecule has 0 unspecified atom stereocenters. The third kappa shape index (κ3) is 11.9. The zero-order valence-corrected chi connectivity index (χ0v) is 38.6. The first-order valence-electron chi connectivity index (χ1n) is 20.0. The topological polar surface area (TPSA) is 250 Å². The number of anilines is 2. The second kappa shape index (κ2) is 21.8. The second-order valence-corrected chi connectivity index (χ2v) is 19.0. The van der Waals surface area contributed by atoms with Crippen molar-refractivity contribution < 1.29 is 54.0 Å². The third-order valence-electron chi connectivity index (χ3n) is 9.55. The number of carbonyl (C=O) groups excluding carboxylic acids is 2. The maximum absolute atomic E-state index is 15.1. The Morgan fingerprint density at radius 3 is 1.69 bits per heavy atom. The number of fused-ring (bicyclic) bond motifs is 2. The van der Waals surface area contributed by atoms with Gasteiger partial charge in [0.2, 0.25) is 31.6 Å². The summed E-state index contributed by atoms with van der Waals surface area (Å²) < 4.78 is 111. The molecule has 350 valence electrons.